The van der Waals surface area contributed by atoms with Gasteiger partial charge >= 0.3 is 0 Å². The van der Waals surface area contributed by atoms with Gasteiger partial charge in [0, 0.05) is 35.7 Å². The lowest BCUT2D eigenvalue weighted by Crippen LogP contribution is -2.40. The number of amides is 1. The van der Waals surface area contributed by atoms with Crippen molar-refractivity contribution in [3.8, 4) is 5.75 Å². The molecule has 3 aromatic rings. The Hall–Kier alpha value is -3.66. The highest BCUT2D eigenvalue weighted by molar-refractivity contribution is 6.07. The lowest BCUT2D eigenvalue weighted by Gasteiger charge is -2.38. The predicted molar refractivity (Wildman–Crippen MR) is 134 cm³/mol. The molecule has 5 rings (SSSR count). The van der Waals surface area contributed by atoms with Gasteiger partial charge in [-0.3, -0.25) is 14.5 Å². The molecule has 172 valence electrons. The Morgan fingerprint density at radius 2 is 1.62 bits per heavy atom. The van der Waals surface area contributed by atoms with Gasteiger partial charge in [0.15, 0.2) is 5.78 Å². The minimum atomic E-state index is -0.206. The Kier molecular flexibility index (Phi) is 6.06. The smallest absolute Gasteiger partial charge is 0.232 e. The first-order chi connectivity index (χ1) is 16.5. The summed E-state index contributed by atoms with van der Waals surface area (Å²) in [6, 6.07) is 24.0. The summed E-state index contributed by atoms with van der Waals surface area (Å²) in [4.78, 5) is 28.2. The molecule has 4 heteroatoms. The predicted octanol–water partition coefficient (Wildman–Crippen LogP) is 6.41. The van der Waals surface area contributed by atoms with Gasteiger partial charge in [0.1, 0.15) is 12.4 Å². The molecule has 1 heterocycles. The second-order valence-corrected chi connectivity index (χ2v) is 9.24. The molecule has 1 aliphatic heterocycles. The summed E-state index contributed by atoms with van der Waals surface area (Å²) in [6.45, 7) is 4.61. The van der Waals surface area contributed by atoms with E-state index in [1.807, 2.05) is 67.6 Å². The van der Waals surface area contributed by atoms with Crippen molar-refractivity contribution in [1.29, 1.82) is 0 Å². The number of aryl methyl sites for hydroxylation is 2. The molecule has 0 bridgehead atoms. The molecule has 0 N–H and O–H groups in total. The normalized spacial score (nSPS) is 18.2. The fourth-order valence-corrected chi connectivity index (χ4v) is 5.00. The highest BCUT2D eigenvalue weighted by Gasteiger charge is 2.39. The van der Waals surface area contributed by atoms with E-state index in [9.17, 15) is 9.59 Å². The van der Waals surface area contributed by atoms with Gasteiger partial charge in [-0.05, 0) is 67.6 Å². The topological polar surface area (TPSA) is 46.6 Å². The monoisotopic (exact) mass is 451 g/mol. The van der Waals surface area contributed by atoms with Crippen LogP contribution in [0.1, 0.15) is 53.9 Å². The average molecular weight is 452 g/mol. The molecule has 0 fully saturated rings. The molecule has 1 unspecified atom stereocenters. The van der Waals surface area contributed by atoms with Gasteiger partial charge in [-0.25, -0.2) is 0 Å². The van der Waals surface area contributed by atoms with Gasteiger partial charge in [0.05, 0.1) is 0 Å². The van der Waals surface area contributed by atoms with Gasteiger partial charge < -0.3 is 4.74 Å². The van der Waals surface area contributed by atoms with Gasteiger partial charge in [-0.15, -0.1) is 0 Å². The molecule has 0 radical (unpaired) electrons. The Balaban J connectivity index is 1.42. The molecule has 1 atom stereocenters. The van der Waals surface area contributed by atoms with Crippen LogP contribution in [0.5, 0.6) is 5.75 Å². The Morgan fingerprint density at radius 1 is 0.882 bits per heavy atom. The van der Waals surface area contributed by atoms with E-state index in [4.69, 9.17) is 4.74 Å². The summed E-state index contributed by atoms with van der Waals surface area (Å²) in [7, 11) is 0. The molecule has 1 aliphatic carbocycles. The van der Waals surface area contributed by atoms with E-state index in [0.717, 1.165) is 52.2 Å². The lowest BCUT2D eigenvalue weighted by molar-refractivity contribution is -0.119. The Morgan fingerprint density at radius 3 is 2.35 bits per heavy atom. The third kappa shape index (κ3) is 4.28. The number of nitrogens with zero attached hydrogens (tertiary/aromatic N) is 1. The summed E-state index contributed by atoms with van der Waals surface area (Å²) >= 11 is 0. The summed E-state index contributed by atoms with van der Waals surface area (Å²) in [5.74, 6) is 0.778. The fourth-order valence-electron chi connectivity index (χ4n) is 5.00. The van der Waals surface area contributed by atoms with Crippen molar-refractivity contribution in [3.63, 3.8) is 0 Å². The SMILES string of the molecule is Cc1ccc(N2C(=O)CC(c3ccc(OCc4ccccc4C)cc3)C3=C2CCCC3=O)cc1. The zero-order valence-electron chi connectivity index (χ0n) is 19.7. The molecule has 0 saturated heterocycles. The molecule has 3 aromatic carbocycles. The number of allylic oxidation sites excluding steroid dienone is 2. The van der Waals surface area contributed by atoms with Crippen LogP contribution < -0.4 is 9.64 Å². The van der Waals surface area contributed by atoms with Crippen LogP contribution in [-0.2, 0) is 16.2 Å². The van der Waals surface area contributed by atoms with Crippen LogP contribution in [0, 0.1) is 13.8 Å². The van der Waals surface area contributed by atoms with Crippen molar-refractivity contribution in [1.82, 2.24) is 0 Å². The number of ether oxygens (including phenoxy) is 1. The summed E-state index contributed by atoms with van der Waals surface area (Å²) in [6.07, 6.45) is 2.37. The Labute approximate surface area is 200 Å². The minimum Gasteiger partial charge on any atom is -0.489 e. The zero-order valence-corrected chi connectivity index (χ0v) is 19.7. The molecule has 34 heavy (non-hydrogen) atoms. The van der Waals surface area contributed by atoms with Crippen molar-refractivity contribution < 1.29 is 14.3 Å². The molecule has 0 spiro atoms. The third-order valence-electron chi connectivity index (χ3n) is 6.91. The van der Waals surface area contributed by atoms with Gasteiger partial charge in [-0.1, -0.05) is 54.1 Å². The van der Waals surface area contributed by atoms with E-state index in [0.29, 0.717) is 19.4 Å². The van der Waals surface area contributed by atoms with Crippen molar-refractivity contribution >= 4 is 17.4 Å². The largest absolute Gasteiger partial charge is 0.489 e. The van der Waals surface area contributed by atoms with Gasteiger partial charge in [0.2, 0.25) is 5.91 Å². The molecule has 2 aliphatic rings. The molecule has 4 nitrogen and oxygen atoms in total. The van der Waals surface area contributed by atoms with Gasteiger partial charge in [-0.2, -0.15) is 0 Å². The zero-order chi connectivity index (χ0) is 23.7. The van der Waals surface area contributed by atoms with Crippen LogP contribution in [0.3, 0.4) is 0 Å². The second kappa shape index (κ2) is 9.30. The molecule has 0 saturated carbocycles. The number of rotatable bonds is 5. The quantitative estimate of drug-likeness (QED) is 0.450. The molecular formula is C30H29NO3. The Bertz CT molecular complexity index is 1250. The number of carbonyl (C=O) groups is 2. The molecule has 1 amide bonds. The maximum absolute atomic E-state index is 13.3. The van der Waals surface area contributed by atoms with Crippen LogP contribution in [0.15, 0.2) is 84.1 Å². The number of benzene rings is 3. The van der Waals surface area contributed by atoms with Crippen molar-refractivity contribution in [2.24, 2.45) is 0 Å². The highest BCUT2D eigenvalue weighted by atomic mass is 16.5. The fraction of sp³-hybridized carbons (Fsp3) is 0.267. The second-order valence-electron chi connectivity index (χ2n) is 9.24. The number of anilines is 1. The minimum absolute atomic E-state index is 0.0437. The molecular weight excluding hydrogens is 422 g/mol. The van der Waals surface area contributed by atoms with E-state index in [-0.39, 0.29) is 17.6 Å². The number of hydrogen-bond acceptors (Lipinski definition) is 3. The summed E-state index contributed by atoms with van der Waals surface area (Å²) in [5, 5.41) is 0. The third-order valence-corrected chi connectivity index (χ3v) is 6.91. The average Bonchev–Trinajstić information content (AvgIpc) is 2.84. The van der Waals surface area contributed by atoms with Crippen LogP contribution >= 0.6 is 0 Å². The summed E-state index contributed by atoms with van der Waals surface area (Å²) in [5.41, 5.74) is 7.02. The van der Waals surface area contributed by atoms with E-state index in [2.05, 4.69) is 19.1 Å². The number of ketones is 1. The van der Waals surface area contributed by atoms with E-state index < -0.39 is 0 Å². The lowest BCUT2D eigenvalue weighted by atomic mass is 9.77. The van der Waals surface area contributed by atoms with Crippen LogP contribution in [0.2, 0.25) is 0 Å². The molecule has 0 aromatic heterocycles. The maximum atomic E-state index is 13.3. The van der Waals surface area contributed by atoms with Crippen molar-refractivity contribution in [2.45, 2.75) is 52.1 Å². The first-order valence-corrected chi connectivity index (χ1v) is 11.9. The van der Waals surface area contributed by atoms with E-state index >= 15 is 0 Å². The van der Waals surface area contributed by atoms with E-state index in [1.54, 1.807) is 4.90 Å². The maximum Gasteiger partial charge on any atom is 0.232 e. The van der Waals surface area contributed by atoms with Gasteiger partial charge in [0.25, 0.3) is 0 Å². The number of carbonyl (C=O) groups excluding carboxylic acids is 2. The first kappa shape index (κ1) is 22.1. The highest BCUT2D eigenvalue weighted by Crippen LogP contribution is 2.43. The van der Waals surface area contributed by atoms with Crippen LogP contribution in [0.25, 0.3) is 0 Å². The number of hydrogen-bond donors (Lipinski definition) is 0. The standard InChI is InChI=1S/C30H29NO3/c1-20-10-14-24(15-11-20)31-27-8-5-9-28(32)30(27)26(18-29(31)33)22-12-16-25(17-13-22)34-19-23-7-4-3-6-21(23)2/h3-4,6-7,10-17,26H,5,8-9,18-19H2,1-2H3. The van der Waals surface area contributed by atoms with E-state index in [1.165, 1.54) is 5.56 Å². The number of Topliss-reactive ketones (excluding diaryl/α,β-unsaturated/α-hetero) is 1. The van der Waals surface area contributed by atoms with Crippen molar-refractivity contribution in [3.05, 3.63) is 106 Å². The van der Waals surface area contributed by atoms with Crippen molar-refractivity contribution in [2.75, 3.05) is 4.90 Å². The first-order valence-electron chi connectivity index (χ1n) is 11.9. The van der Waals surface area contributed by atoms with Crippen LogP contribution in [-0.4, -0.2) is 11.7 Å². The van der Waals surface area contributed by atoms with Crippen LogP contribution in [0.4, 0.5) is 5.69 Å². The summed E-state index contributed by atoms with van der Waals surface area (Å²) < 4.78 is 5.99.